The third kappa shape index (κ3) is 3.67. The van der Waals surface area contributed by atoms with Crippen LogP contribution < -0.4 is 5.73 Å². The lowest BCUT2D eigenvalue weighted by Gasteiger charge is -2.31. The molecular weight excluding hydrogens is 262 g/mol. The molecule has 0 aromatic carbocycles. The van der Waals surface area contributed by atoms with Crippen molar-refractivity contribution in [2.75, 3.05) is 25.4 Å². The molecule has 0 spiro atoms. The summed E-state index contributed by atoms with van der Waals surface area (Å²) in [6.07, 6.45) is 2.62. The second kappa shape index (κ2) is 6.33. The van der Waals surface area contributed by atoms with Crippen LogP contribution >= 0.6 is 0 Å². The smallest absolute Gasteiger partial charge is 0.329 e. The van der Waals surface area contributed by atoms with Crippen molar-refractivity contribution >= 4 is 17.6 Å². The lowest BCUT2D eigenvalue weighted by atomic mass is 10.1. The number of carboxylic acid groups (broad SMARTS) is 1. The summed E-state index contributed by atoms with van der Waals surface area (Å²) in [7, 11) is 0. The van der Waals surface area contributed by atoms with E-state index in [4.69, 9.17) is 15.6 Å². The van der Waals surface area contributed by atoms with Crippen molar-refractivity contribution in [1.82, 2.24) is 9.88 Å². The van der Waals surface area contributed by atoms with Crippen LogP contribution in [0.5, 0.6) is 0 Å². The Morgan fingerprint density at radius 2 is 2.10 bits per heavy atom. The van der Waals surface area contributed by atoms with Gasteiger partial charge in [0.15, 0.2) is 0 Å². The lowest BCUT2D eigenvalue weighted by Crippen LogP contribution is -2.41. The van der Waals surface area contributed by atoms with Crippen molar-refractivity contribution in [2.24, 2.45) is 0 Å². The Kier molecular flexibility index (Phi) is 4.52. The van der Waals surface area contributed by atoms with Gasteiger partial charge < -0.3 is 20.5 Å². The average molecular weight is 279 g/mol. The SMILES string of the molecule is Nc1ccc(C(=O)N2CCC(OCC(=O)O)CC2)nc1. The molecule has 1 amide bonds. The van der Waals surface area contributed by atoms with Gasteiger partial charge in [0.05, 0.1) is 18.0 Å². The maximum Gasteiger partial charge on any atom is 0.329 e. The quantitative estimate of drug-likeness (QED) is 0.824. The van der Waals surface area contributed by atoms with Crippen LogP contribution in [0, 0.1) is 0 Å². The second-order valence-corrected chi connectivity index (χ2v) is 4.67. The van der Waals surface area contributed by atoms with Gasteiger partial charge in [-0.25, -0.2) is 9.78 Å². The Balaban J connectivity index is 1.85. The zero-order chi connectivity index (χ0) is 14.5. The van der Waals surface area contributed by atoms with Crippen LogP contribution in [0.25, 0.3) is 0 Å². The number of piperidine rings is 1. The normalized spacial score (nSPS) is 16.1. The van der Waals surface area contributed by atoms with Crippen LogP contribution in [-0.2, 0) is 9.53 Å². The molecular formula is C13H17N3O4. The van der Waals surface area contributed by atoms with Gasteiger partial charge in [-0.3, -0.25) is 4.79 Å². The van der Waals surface area contributed by atoms with Crippen molar-refractivity contribution in [1.29, 1.82) is 0 Å². The van der Waals surface area contributed by atoms with Crippen LogP contribution in [0.15, 0.2) is 18.3 Å². The highest BCUT2D eigenvalue weighted by molar-refractivity contribution is 5.92. The fourth-order valence-corrected chi connectivity index (χ4v) is 2.11. The van der Waals surface area contributed by atoms with E-state index < -0.39 is 5.97 Å². The van der Waals surface area contributed by atoms with E-state index in [2.05, 4.69) is 4.98 Å². The monoisotopic (exact) mass is 279 g/mol. The van der Waals surface area contributed by atoms with Gasteiger partial charge in [-0.2, -0.15) is 0 Å². The molecule has 3 N–H and O–H groups in total. The zero-order valence-electron chi connectivity index (χ0n) is 11.0. The Morgan fingerprint density at radius 3 is 2.65 bits per heavy atom. The number of rotatable bonds is 4. The number of hydrogen-bond acceptors (Lipinski definition) is 5. The van der Waals surface area contributed by atoms with Gasteiger partial charge in [-0.15, -0.1) is 0 Å². The number of carboxylic acids is 1. The molecule has 2 heterocycles. The van der Waals surface area contributed by atoms with Crippen LogP contribution in [0.1, 0.15) is 23.3 Å². The van der Waals surface area contributed by atoms with E-state index in [9.17, 15) is 9.59 Å². The summed E-state index contributed by atoms with van der Waals surface area (Å²) in [5, 5.41) is 8.55. The third-order valence-corrected chi connectivity index (χ3v) is 3.18. The number of ether oxygens (including phenoxy) is 1. The minimum Gasteiger partial charge on any atom is -0.480 e. The van der Waals surface area contributed by atoms with Crippen molar-refractivity contribution in [2.45, 2.75) is 18.9 Å². The number of nitrogens with two attached hydrogens (primary N) is 1. The summed E-state index contributed by atoms with van der Waals surface area (Å²) in [4.78, 5) is 28.3. The predicted molar refractivity (Wildman–Crippen MR) is 71.2 cm³/mol. The third-order valence-electron chi connectivity index (χ3n) is 3.18. The van der Waals surface area contributed by atoms with Crippen LogP contribution in [0.3, 0.4) is 0 Å². The van der Waals surface area contributed by atoms with Crippen LogP contribution in [0.2, 0.25) is 0 Å². The van der Waals surface area contributed by atoms with Gasteiger partial charge in [0, 0.05) is 13.1 Å². The van der Waals surface area contributed by atoms with Gasteiger partial charge in [-0.05, 0) is 25.0 Å². The molecule has 7 heteroatoms. The Bertz CT molecular complexity index is 481. The molecule has 0 atom stereocenters. The molecule has 1 aliphatic rings. The van der Waals surface area contributed by atoms with Crippen molar-refractivity contribution in [3.05, 3.63) is 24.0 Å². The number of pyridine rings is 1. The minimum absolute atomic E-state index is 0.102. The molecule has 1 fully saturated rings. The fraction of sp³-hybridized carbons (Fsp3) is 0.462. The highest BCUT2D eigenvalue weighted by Crippen LogP contribution is 2.16. The molecule has 2 rings (SSSR count). The van der Waals surface area contributed by atoms with E-state index in [1.807, 2.05) is 0 Å². The Labute approximate surface area is 116 Å². The molecule has 7 nitrogen and oxygen atoms in total. The van der Waals surface area contributed by atoms with E-state index in [0.717, 1.165) is 0 Å². The lowest BCUT2D eigenvalue weighted by molar-refractivity contribution is -0.145. The van der Waals surface area contributed by atoms with Gasteiger partial charge in [0.25, 0.3) is 5.91 Å². The number of aromatic nitrogens is 1. The van der Waals surface area contributed by atoms with E-state index >= 15 is 0 Å². The molecule has 0 radical (unpaired) electrons. The number of anilines is 1. The highest BCUT2D eigenvalue weighted by Gasteiger charge is 2.25. The zero-order valence-corrected chi connectivity index (χ0v) is 11.0. The summed E-state index contributed by atoms with van der Waals surface area (Å²) in [6.45, 7) is 0.780. The maximum atomic E-state index is 12.2. The number of nitrogen functional groups attached to an aromatic ring is 1. The Hall–Kier alpha value is -2.15. The first-order valence-electron chi connectivity index (χ1n) is 6.40. The fourth-order valence-electron chi connectivity index (χ4n) is 2.11. The van der Waals surface area contributed by atoms with E-state index in [-0.39, 0.29) is 18.6 Å². The van der Waals surface area contributed by atoms with Gasteiger partial charge >= 0.3 is 5.97 Å². The van der Waals surface area contributed by atoms with Gasteiger partial charge in [0.1, 0.15) is 12.3 Å². The number of hydrogen-bond donors (Lipinski definition) is 2. The van der Waals surface area contributed by atoms with Crippen molar-refractivity contribution < 1.29 is 19.4 Å². The molecule has 0 saturated carbocycles. The van der Waals surface area contributed by atoms with E-state index in [0.29, 0.717) is 37.3 Å². The van der Waals surface area contributed by atoms with E-state index in [1.54, 1.807) is 17.0 Å². The number of likely N-dealkylation sites (tertiary alicyclic amines) is 1. The minimum atomic E-state index is -0.977. The second-order valence-electron chi connectivity index (χ2n) is 4.67. The van der Waals surface area contributed by atoms with Crippen molar-refractivity contribution in [3.63, 3.8) is 0 Å². The summed E-state index contributed by atoms with van der Waals surface area (Å²) in [5.74, 6) is -1.11. The Morgan fingerprint density at radius 1 is 1.40 bits per heavy atom. The molecule has 0 aliphatic carbocycles. The average Bonchev–Trinajstić information content (AvgIpc) is 2.46. The largest absolute Gasteiger partial charge is 0.480 e. The highest BCUT2D eigenvalue weighted by atomic mass is 16.5. The topological polar surface area (TPSA) is 106 Å². The molecule has 20 heavy (non-hydrogen) atoms. The molecule has 1 aliphatic heterocycles. The van der Waals surface area contributed by atoms with E-state index in [1.165, 1.54) is 6.20 Å². The van der Waals surface area contributed by atoms with Gasteiger partial charge in [-0.1, -0.05) is 0 Å². The van der Waals surface area contributed by atoms with Crippen molar-refractivity contribution in [3.8, 4) is 0 Å². The maximum absolute atomic E-state index is 12.2. The number of carbonyl (C=O) groups is 2. The first-order valence-corrected chi connectivity index (χ1v) is 6.40. The summed E-state index contributed by atoms with van der Waals surface area (Å²) < 4.78 is 5.22. The first kappa shape index (κ1) is 14.3. The summed E-state index contributed by atoms with van der Waals surface area (Å²) in [5.41, 5.74) is 6.41. The number of nitrogens with zero attached hydrogens (tertiary/aromatic N) is 2. The van der Waals surface area contributed by atoms with Crippen LogP contribution in [-0.4, -0.2) is 52.7 Å². The molecule has 1 aromatic heterocycles. The standard InChI is InChI=1S/C13H17N3O4/c14-9-1-2-11(15-7-9)13(19)16-5-3-10(4-6-16)20-8-12(17)18/h1-2,7,10H,3-6,8,14H2,(H,17,18). The van der Waals surface area contributed by atoms with Gasteiger partial charge in [0.2, 0.25) is 0 Å². The number of carbonyl (C=O) groups excluding carboxylic acids is 1. The summed E-state index contributed by atoms with van der Waals surface area (Å²) in [6, 6.07) is 3.24. The molecule has 1 aromatic rings. The molecule has 1 saturated heterocycles. The predicted octanol–water partition coefficient (Wildman–Crippen LogP) is 0.370. The number of aliphatic carboxylic acids is 1. The molecule has 0 unspecified atom stereocenters. The first-order chi connectivity index (χ1) is 9.56. The molecule has 108 valence electrons. The summed E-state index contributed by atoms with van der Waals surface area (Å²) >= 11 is 0. The number of amides is 1. The molecule has 0 bridgehead atoms. The van der Waals surface area contributed by atoms with Crippen LogP contribution in [0.4, 0.5) is 5.69 Å².